The maximum absolute atomic E-state index is 3.37. The number of unbranched alkanes of at least 4 members (excludes halogenated alkanes) is 3. The summed E-state index contributed by atoms with van der Waals surface area (Å²) in [7, 11) is 2.25. The third kappa shape index (κ3) is 9.49. The van der Waals surface area contributed by atoms with Crippen LogP contribution in [0.15, 0.2) is 0 Å². The van der Waals surface area contributed by atoms with Crippen molar-refractivity contribution in [2.45, 2.75) is 45.6 Å². The van der Waals surface area contributed by atoms with Crippen LogP contribution in [-0.4, -0.2) is 49.6 Å². The average molecular weight is 246 g/mol. The minimum absolute atomic E-state index is 0.719. The molecule has 0 aliphatic rings. The summed E-state index contributed by atoms with van der Waals surface area (Å²) in [4.78, 5) is 2.49. The first-order chi connectivity index (χ1) is 7.72. The van der Waals surface area contributed by atoms with E-state index in [1.807, 2.05) is 11.8 Å². The number of thioether (sulfide) groups is 1. The van der Waals surface area contributed by atoms with Gasteiger partial charge in [-0.1, -0.05) is 19.8 Å². The fraction of sp³-hybridized carbons (Fsp3) is 1.00. The molecule has 0 aromatic carbocycles. The first-order valence-corrected chi connectivity index (χ1v) is 8.01. The Morgan fingerprint density at radius 1 is 1.19 bits per heavy atom. The quantitative estimate of drug-likeness (QED) is 0.564. The van der Waals surface area contributed by atoms with Gasteiger partial charge in [-0.25, -0.2) is 0 Å². The summed E-state index contributed by atoms with van der Waals surface area (Å²) in [6, 6.07) is 0.719. The van der Waals surface area contributed by atoms with E-state index in [0.29, 0.717) is 0 Å². The van der Waals surface area contributed by atoms with Crippen LogP contribution in [0.1, 0.15) is 39.5 Å². The average Bonchev–Trinajstić information content (AvgIpc) is 2.28. The van der Waals surface area contributed by atoms with Crippen molar-refractivity contribution in [3.63, 3.8) is 0 Å². The van der Waals surface area contributed by atoms with Gasteiger partial charge in [0.05, 0.1) is 0 Å². The van der Waals surface area contributed by atoms with Gasteiger partial charge in [0, 0.05) is 11.8 Å². The summed E-state index contributed by atoms with van der Waals surface area (Å²) in [5.74, 6) is 1.25. The lowest BCUT2D eigenvalue weighted by atomic mass is 10.2. The molecule has 0 aromatic rings. The third-order valence-electron chi connectivity index (χ3n) is 3.02. The second-order valence-electron chi connectivity index (χ2n) is 4.55. The molecule has 0 bridgehead atoms. The molecular formula is C13H30N2S. The van der Waals surface area contributed by atoms with Gasteiger partial charge >= 0.3 is 0 Å². The number of nitrogens with zero attached hydrogens (tertiary/aromatic N) is 1. The van der Waals surface area contributed by atoms with Gasteiger partial charge in [0.25, 0.3) is 0 Å². The van der Waals surface area contributed by atoms with Gasteiger partial charge in [-0.3, -0.25) is 0 Å². The Balaban J connectivity index is 3.23. The molecule has 0 saturated carbocycles. The molecule has 1 N–H and O–H groups in total. The number of nitrogens with one attached hydrogen (secondary N) is 1. The summed E-state index contributed by atoms with van der Waals surface area (Å²) in [5, 5.41) is 3.37. The van der Waals surface area contributed by atoms with Crippen molar-refractivity contribution < 1.29 is 0 Å². The number of hydrogen-bond acceptors (Lipinski definition) is 3. The second-order valence-corrected chi connectivity index (χ2v) is 5.46. The van der Waals surface area contributed by atoms with Gasteiger partial charge in [-0.2, -0.15) is 11.8 Å². The Morgan fingerprint density at radius 3 is 2.50 bits per heavy atom. The Morgan fingerprint density at radius 2 is 1.88 bits per heavy atom. The first kappa shape index (κ1) is 16.3. The first-order valence-electron chi connectivity index (χ1n) is 6.62. The minimum atomic E-state index is 0.719. The van der Waals surface area contributed by atoms with Crippen LogP contribution < -0.4 is 5.32 Å². The Bertz CT molecular complexity index is 142. The minimum Gasteiger partial charge on any atom is -0.317 e. The van der Waals surface area contributed by atoms with Crippen LogP contribution in [0.2, 0.25) is 0 Å². The highest BCUT2D eigenvalue weighted by Crippen LogP contribution is 2.06. The van der Waals surface area contributed by atoms with E-state index in [1.54, 1.807) is 0 Å². The molecule has 0 aliphatic carbocycles. The predicted octanol–water partition coefficient (Wildman–Crippen LogP) is 2.84. The van der Waals surface area contributed by atoms with E-state index in [9.17, 15) is 0 Å². The molecule has 16 heavy (non-hydrogen) atoms. The van der Waals surface area contributed by atoms with Crippen LogP contribution in [0.5, 0.6) is 0 Å². The van der Waals surface area contributed by atoms with Crippen molar-refractivity contribution in [3.8, 4) is 0 Å². The van der Waals surface area contributed by atoms with Gasteiger partial charge in [0.2, 0.25) is 0 Å². The molecule has 0 saturated heterocycles. The molecule has 0 radical (unpaired) electrons. The molecule has 3 heteroatoms. The molecule has 0 spiro atoms. The summed E-state index contributed by atoms with van der Waals surface area (Å²) >= 11 is 1.94. The maximum atomic E-state index is 3.37. The van der Waals surface area contributed by atoms with Crippen molar-refractivity contribution in [2.24, 2.45) is 0 Å². The van der Waals surface area contributed by atoms with Gasteiger partial charge in [0.15, 0.2) is 0 Å². The molecule has 1 atom stereocenters. The Kier molecular flexibility index (Phi) is 11.9. The molecule has 0 fully saturated rings. The molecule has 0 heterocycles. The largest absolute Gasteiger partial charge is 0.317 e. The lowest BCUT2D eigenvalue weighted by Crippen LogP contribution is -2.31. The molecule has 0 amide bonds. The third-order valence-corrected chi connectivity index (χ3v) is 3.84. The molecule has 0 rings (SSSR count). The predicted molar refractivity (Wildman–Crippen MR) is 77.5 cm³/mol. The lowest BCUT2D eigenvalue weighted by molar-refractivity contribution is 0.271. The molecule has 0 aromatic heterocycles. The number of hydrogen-bond donors (Lipinski definition) is 1. The standard InChI is InChI=1S/C13H30N2S/c1-5-14-10-8-6-7-9-11-15(3)13(2)12-16-4/h13-14H,5-12H2,1-4H3. The summed E-state index contributed by atoms with van der Waals surface area (Å²) in [6.07, 6.45) is 7.61. The van der Waals surface area contributed by atoms with E-state index in [4.69, 9.17) is 0 Å². The molecule has 2 nitrogen and oxygen atoms in total. The highest BCUT2D eigenvalue weighted by atomic mass is 32.2. The van der Waals surface area contributed by atoms with Crippen molar-refractivity contribution in [2.75, 3.05) is 38.7 Å². The van der Waals surface area contributed by atoms with E-state index in [2.05, 4.69) is 37.4 Å². The van der Waals surface area contributed by atoms with Crippen LogP contribution in [0.25, 0.3) is 0 Å². The van der Waals surface area contributed by atoms with Crippen molar-refractivity contribution in [1.82, 2.24) is 10.2 Å². The van der Waals surface area contributed by atoms with Crippen LogP contribution in [0.4, 0.5) is 0 Å². The lowest BCUT2D eigenvalue weighted by Gasteiger charge is -2.23. The number of rotatable bonds is 11. The Labute approximate surface area is 107 Å². The fourth-order valence-electron chi connectivity index (χ4n) is 1.73. The maximum Gasteiger partial charge on any atom is 0.0154 e. The van der Waals surface area contributed by atoms with Gasteiger partial charge in [0.1, 0.15) is 0 Å². The van der Waals surface area contributed by atoms with Crippen LogP contribution in [0, 0.1) is 0 Å². The summed E-state index contributed by atoms with van der Waals surface area (Å²) in [6.45, 7) is 8.04. The van der Waals surface area contributed by atoms with Gasteiger partial charge in [-0.05, 0) is 52.7 Å². The van der Waals surface area contributed by atoms with E-state index < -0.39 is 0 Å². The highest BCUT2D eigenvalue weighted by Gasteiger charge is 2.06. The zero-order chi connectivity index (χ0) is 12.2. The fourth-order valence-corrected chi connectivity index (χ4v) is 2.47. The van der Waals surface area contributed by atoms with Gasteiger partial charge in [-0.15, -0.1) is 0 Å². The van der Waals surface area contributed by atoms with E-state index in [1.165, 1.54) is 44.5 Å². The monoisotopic (exact) mass is 246 g/mol. The SMILES string of the molecule is CCNCCCCCCN(C)C(C)CSC. The van der Waals surface area contributed by atoms with E-state index >= 15 is 0 Å². The smallest absolute Gasteiger partial charge is 0.0154 e. The normalized spacial score (nSPS) is 13.3. The highest BCUT2D eigenvalue weighted by molar-refractivity contribution is 7.98. The van der Waals surface area contributed by atoms with E-state index in [0.717, 1.165) is 12.6 Å². The van der Waals surface area contributed by atoms with Crippen LogP contribution >= 0.6 is 11.8 Å². The molecular weight excluding hydrogens is 216 g/mol. The Hall–Kier alpha value is 0.270. The molecule has 0 aliphatic heterocycles. The zero-order valence-electron chi connectivity index (χ0n) is 11.6. The van der Waals surface area contributed by atoms with Crippen LogP contribution in [0.3, 0.4) is 0 Å². The van der Waals surface area contributed by atoms with Crippen molar-refractivity contribution in [3.05, 3.63) is 0 Å². The second kappa shape index (κ2) is 11.7. The van der Waals surface area contributed by atoms with Crippen molar-refractivity contribution >= 4 is 11.8 Å². The van der Waals surface area contributed by atoms with Crippen molar-refractivity contribution in [1.29, 1.82) is 0 Å². The van der Waals surface area contributed by atoms with Gasteiger partial charge < -0.3 is 10.2 Å². The molecule has 98 valence electrons. The van der Waals surface area contributed by atoms with E-state index in [-0.39, 0.29) is 0 Å². The topological polar surface area (TPSA) is 15.3 Å². The van der Waals surface area contributed by atoms with Crippen LogP contribution in [-0.2, 0) is 0 Å². The summed E-state index contributed by atoms with van der Waals surface area (Å²) < 4.78 is 0. The summed E-state index contributed by atoms with van der Waals surface area (Å²) in [5.41, 5.74) is 0. The molecule has 1 unspecified atom stereocenters. The zero-order valence-corrected chi connectivity index (χ0v) is 12.4.